The molecule has 6 nitrogen and oxygen atoms in total. The molecule has 138 valence electrons. The number of rotatable bonds is 7. The van der Waals surface area contributed by atoms with E-state index >= 15 is 0 Å². The lowest BCUT2D eigenvalue weighted by Gasteiger charge is -2.17. The van der Waals surface area contributed by atoms with Crippen LogP contribution in [0, 0.1) is 0 Å². The Morgan fingerprint density at radius 3 is 2.70 bits per heavy atom. The van der Waals surface area contributed by atoms with Gasteiger partial charge in [0.05, 0.1) is 13.0 Å². The van der Waals surface area contributed by atoms with Crippen LogP contribution in [0.5, 0.6) is 5.75 Å². The van der Waals surface area contributed by atoms with Gasteiger partial charge in [0.1, 0.15) is 11.5 Å². The van der Waals surface area contributed by atoms with E-state index in [-0.39, 0.29) is 24.2 Å². The van der Waals surface area contributed by atoms with Crippen LogP contribution in [0.2, 0.25) is 0 Å². The Kier molecular flexibility index (Phi) is 5.86. The summed E-state index contributed by atoms with van der Waals surface area (Å²) in [6, 6.07) is 12.6. The molecule has 0 fully saturated rings. The van der Waals surface area contributed by atoms with Crippen molar-refractivity contribution in [3.8, 4) is 5.75 Å². The molecule has 27 heavy (non-hydrogen) atoms. The SMILES string of the molecule is COc1ccc([C@@H](CN)C(=O)Cc2ccc3cnccc3c2)cc1B(O)O. The Morgan fingerprint density at radius 2 is 2.00 bits per heavy atom. The van der Waals surface area contributed by atoms with E-state index in [1.165, 1.54) is 7.11 Å². The summed E-state index contributed by atoms with van der Waals surface area (Å²) in [6.07, 6.45) is 3.74. The second-order valence-electron chi connectivity index (χ2n) is 6.36. The van der Waals surface area contributed by atoms with Crippen LogP contribution in [0.1, 0.15) is 17.0 Å². The number of ether oxygens (including phenoxy) is 1. The third-order valence-corrected chi connectivity index (χ3v) is 4.64. The van der Waals surface area contributed by atoms with Crippen LogP contribution in [0.25, 0.3) is 10.8 Å². The minimum atomic E-state index is -1.69. The van der Waals surface area contributed by atoms with Crippen LogP contribution >= 0.6 is 0 Å². The van der Waals surface area contributed by atoms with E-state index in [0.29, 0.717) is 11.3 Å². The molecule has 0 amide bonds. The number of carbonyl (C=O) groups excluding carboxylic acids is 1. The minimum Gasteiger partial charge on any atom is -0.497 e. The Balaban J connectivity index is 1.86. The van der Waals surface area contributed by atoms with Crippen LogP contribution in [-0.2, 0) is 11.2 Å². The summed E-state index contributed by atoms with van der Waals surface area (Å²) in [5, 5.41) is 21.1. The first-order valence-corrected chi connectivity index (χ1v) is 8.63. The Labute approximate surface area is 157 Å². The fraction of sp³-hybridized carbons (Fsp3) is 0.200. The number of methoxy groups -OCH3 is 1. The van der Waals surface area contributed by atoms with Crippen molar-refractivity contribution in [2.45, 2.75) is 12.3 Å². The first-order valence-electron chi connectivity index (χ1n) is 8.63. The maximum Gasteiger partial charge on any atom is 0.492 e. The predicted octanol–water partition coefficient (Wildman–Crippen LogP) is 0.777. The number of fused-ring (bicyclic) bond motifs is 1. The number of nitrogens with two attached hydrogens (primary N) is 1. The summed E-state index contributed by atoms with van der Waals surface area (Å²) in [6.45, 7) is 0.129. The normalized spacial score (nSPS) is 12.0. The second-order valence-corrected chi connectivity index (χ2v) is 6.36. The van der Waals surface area contributed by atoms with Crippen molar-refractivity contribution in [3.63, 3.8) is 0 Å². The Hall–Kier alpha value is -2.74. The van der Waals surface area contributed by atoms with Gasteiger partial charge in [-0.15, -0.1) is 0 Å². The summed E-state index contributed by atoms with van der Waals surface area (Å²) in [5.74, 6) is -0.226. The van der Waals surface area contributed by atoms with Gasteiger partial charge < -0.3 is 20.5 Å². The van der Waals surface area contributed by atoms with Gasteiger partial charge in [-0.05, 0) is 28.6 Å². The molecule has 4 N–H and O–H groups in total. The van der Waals surface area contributed by atoms with Gasteiger partial charge in [0.2, 0.25) is 0 Å². The Morgan fingerprint density at radius 1 is 1.19 bits per heavy atom. The molecule has 0 aliphatic rings. The lowest BCUT2D eigenvalue weighted by Crippen LogP contribution is -2.33. The molecule has 3 aromatic rings. The topological polar surface area (TPSA) is 106 Å². The van der Waals surface area contributed by atoms with Crippen LogP contribution in [0.15, 0.2) is 54.9 Å². The molecule has 0 aliphatic carbocycles. The van der Waals surface area contributed by atoms with Gasteiger partial charge in [-0.1, -0.05) is 30.3 Å². The largest absolute Gasteiger partial charge is 0.497 e. The van der Waals surface area contributed by atoms with Gasteiger partial charge in [0, 0.05) is 36.2 Å². The van der Waals surface area contributed by atoms with Gasteiger partial charge in [0.25, 0.3) is 0 Å². The molecule has 0 saturated heterocycles. The van der Waals surface area contributed by atoms with E-state index in [1.54, 1.807) is 30.6 Å². The molecule has 7 heteroatoms. The molecule has 1 aromatic heterocycles. The van der Waals surface area contributed by atoms with Gasteiger partial charge in [-0.2, -0.15) is 0 Å². The number of Topliss-reactive ketones (excluding diaryl/α,β-unsaturated/α-hetero) is 1. The van der Waals surface area contributed by atoms with Crippen LogP contribution < -0.4 is 15.9 Å². The Bertz CT molecular complexity index is 962. The zero-order valence-electron chi connectivity index (χ0n) is 15.0. The molecule has 0 bridgehead atoms. The zero-order chi connectivity index (χ0) is 19.4. The highest BCUT2D eigenvalue weighted by Gasteiger charge is 2.24. The average molecular weight is 364 g/mol. The highest BCUT2D eigenvalue weighted by atomic mass is 16.5. The number of nitrogens with zero attached hydrogens (tertiary/aromatic N) is 1. The summed E-state index contributed by atoms with van der Waals surface area (Å²) >= 11 is 0. The number of benzene rings is 2. The molecule has 1 atom stereocenters. The third-order valence-electron chi connectivity index (χ3n) is 4.64. The molecule has 3 rings (SSSR count). The van der Waals surface area contributed by atoms with Gasteiger partial charge in [-0.25, -0.2) is 0 Å². The fourth-order valence-electron chi connectivity index (χ4n) is 3.19. The molecule has 0 spiro atoms. The first-order chi connectivity index (χ1) is 13.0. The second kappa shape index (κ2) is 8.31. The highest BCUT2D eigenvalue weighted by Crippen LogP contribution is 2.22. The van der Waals surface area contributed by atoms with Crippen LogP contribution in [0.4, 0.5) is 0 Å². The van der Waals surface area contributed by atoms with Gasteiger partial charge in [0.15, 0.2) is 0 Å². The lowest BCUT2D eigenvalue weighted by molar-refractivity contribution is -0.119. The average Bonchev–Trinajstić information content (AvgIpc) is 2.68. The monoisotopic (exact) mass is 364 g/mol. The van der Waals surface area contributed by atoms with Crippen molar-refractivity contribution >= 4 is 29.1 Å². The highest BCUT2D eigenvalue weighted by molar-refractivity contribution is 6.59. The number of pyridine rings is 1. The maximum atomic E-state index is 12.9. The molecule has 2 aromatic carbocycles. The van der Waals surface area contributed by atoms with Crippen LogP contribution in [-0.4, -0.2) is 41.6 Å². The quantitative estimate of drug-likeness (QED) is 0.535. The molecular weight excluding hydrogens is 343 g/mol. The molecule has 0 unspecified atom stereocenters. The number of carbonyl (C=O) groups is 1. The maximum absolute atomic E-state index is 12.9. The first kappa shape index (κ1) is 19.0. The van der Waals surface area contributed by atoms with E-state index in [0.717, 1.165) is 16.3 Å². The summed E-state index contributed by atoms with van der Waals surface area (Å²) < 4.78 is 5.13. The molecular formula is C20H21BN2O4. The summed E-state index contributed by atoms with van der Waals surface area (Å²) in [5.41, 5.74) is 7.60. The van der Waals surface area contributed by atoms with Crippen molar-refractivity contribution in [1.82, 2.24) is 4.98 Å². The van der Waals surface area contributed by atoms with E-state index in [1.807, 2.05) is 24.3 Å². The number of hydrogen-bond donors (Lipinski definition) is 3. The standard InChI is InChI=1S/C20H21BN2O4/c1-27-20-5-4-15(10-18(20)21(25)26)17(11-22)19(24)9-13-2-3-16-12-23-7-6-14(16)8-13/h2-8,10,12,17,25-26H,9,11,22H2,1H3/t17-/m1/s1. The number of hydrogen-bond acceptors (Lipinski definition) is 6. The van der Waals surface area contributed by atoms with E-state index in [2.05, 4.69) is 4.98 Å². The minimum absolute atomic E-state index is 0.0329. The molecule has 1 heterocycles. The van der Waals surface area contributed by atoms with Crippen LogP contribution in [0.3, 0.4) is 0 Å². The van der Waals surface area contributed by atoms with E-state index < -0.39 is 13.0 Å². The van der Waals surface area contributed by atoms with Crippen molar-refractivity contribution in [2.75, 3.05) is 13.7 Å². The lowest BCUT2D eigenvalue weighted by atomic mass is 9.77. The number of aromatic nitrogens is 1. The summed E-state index contributed by atoms with van der Waals surface area (Å²) in [4.78, 5) is 17.0. The van der Waals surface area contributed by atoms with E-state index in [4.69, 9.17) is 10.5 Å². The van der Waals surface area contributed by atoms with Crippen molar-refractivity contribution in [3.05, 3.63) is 66.0 Å². The van der Waals surface area contributed by atoms with Crippen molar-refractivity contribution in [2.24, 2.45) is 5.73 Å². The smallest absolute Gasteiger partial charge is 0.492 e. The molecule has 0 saturated carbocycles. The van der Waals surface area contributed by atoms with Crippen molar-refractivity contribution < 1.29 is 19.6 Å². The van der Waals surface area contributed by atoms with Gasteiger partial charge >= 0.3 is 7.12 Å². The van der Waals surface area contributed by atoms with E-state index in [9.17, 15) is 14.8 Å². The van der Waals surface area contributed by atoms with Gasteiger partial charge in [-0.3, -0.25) is 9.78 Å². The molecule has 0 aliphatic heterocycles. The zero-order valence-corrected chi connectivity index (χ0v) is 15.0. The fourth-order valence-corrected chi connectivity index (χ4v) is 3.19. The summed E-state index contributed by atoms with van der Waals surface area (Å²) in [7, 11) is -0.246. The number of ketones is 1. The predicted molar refractivity (Wildman–Crippen MR) is 105 cm³/mol. The third kappa shape index (κ3) is 4.16. The molecule has 0 radical (unpaired) electrons. The van der Waals surface area contributed by atoms with Crippen molar-refractivity contribution in [1.29, 1.82) is 0 Å².